The SMILES string of the molecule is O=C(Cc1ccc(F)cc1)Nc1cccc(S(=O)(=O)Nc2cccc(Cl)c2)c1. The summed E-state index contributed by atoms with van der Waals surface area (Å²) in [5.41, 5.74) is 1.31. The maximum Gasteiger partial charge on any atom is 0.261 e. The zero-order valence-corrected chi connectivity index (χ0v) is 16.1. The molecular formula is C20H16ClFN2O3S. The van der Waals surface area contributed by atoms with Gasteiger partial charge in [0.25, 0.3) is 10.0 Å². The molecule has 0 aromatic heterocycles. The van der Waals surface area contributed by atoms with Gasteiger partial charge < -0.3 is 5.32 Å². The van der Waals surface area contributed by atoms with Crippen LogP contribution in [-0.4, -0.2) is 14.3 Å². The molecule has 0 saturated carbocycles. The van der Waals surface area contributed by atoms with Crippen molar-refractivity contribution in [2.45, 2.75) is 11.3 Å². The maximum atomic E-state index is 12.9. The Balaban J connectivity index is 1.72. The lowest BCUT2D eigenvalue weighted by atomic mass is 10.1. The smallest absolute Gasteiger partial charge is 0.261 e. The standard InChI is InChI=1S/C20H16ClFN2O3S/c21-15-3-1-5-18(12-15)24-28(26,27)19-6-2-4-17(13-19)23-20(25)11-14-7-9-16(22)10-8-14/h1-10,12-13,24H,11H2,(H,23,25). The third-order valence-corrected chi connectivity index (χ3v) is 5.40. The van der Waals surface area contributed by atoms with Crippen molar-refractivity contribution in [2.75, 3.05) is 10.0 Å². The number of amides is 1. The van der Waals surface area contributed by atoms with Crippen LogP contribution in [0.5, 0.6) is 0 Å². The Labute approximate surface area is 167 Å². The van der Waals surface area contributed by atoms with Gasteiger partial charge in [-0.15, -0.1) is 0 Å². The molecule has 1 amide bonds. The third-order valence-electron chi connectivity index (χ3n) is 3.78. The predicted molar refractivity (Wildman–Crippen MR) is 107 cm³/mol. The number of hydrogen-bond acceptors (Lipinski definition) is 3. The van der Waals surface area contributed by atoms with Crippen molar-refractivity contribution in [1.82, 2.24) is 0 Å². The molecule has 0 radical (unpaired) electrons. The van der Waals surface area contributed by atoms with Crippen LogP contribution >= 0.6 is 11.6 Å². The van der Waals surface area contributed by atoms with Gasteiger partial charge in [0.2, 0.25) is 5.91 Å². The minimum absolute atomic E-state index is 0.00735. The molecule has 0 aliphatic carbocycles. The second-order valence-electron chi connectivity index (χ2n) is 6.00. The van der Waals surface area contributed by atoms with Crippen LogP contribution < -0.4 is 10.0 Å². The average molecular weight is 419 g/mol. The van der Waals surface area contributed by atoms with E-state index in [2.05, 4.69) is 10.0 Å². The topological polar surface area (TPSA) is 75.3 Å². The number of carbonyl (C=O) groups excluding carboxylic acids is 1. The molecule has 2 N–H and O–H groups in total. The summed E-state index contributed by atoms with van der Waals surface area (Å²) < 4.78 is 40.5. The van der Waals surface area contributed by atoms with Gasteiger partial charge in [-0.1, -0.05) is 35.9 Å². The lowest BCUT2D eigenvalue weighted by Gasteiger charge is -2.10. The van der Waals surface area contributed by atoms with Gasteiger partial charge in [-0.2, -0.15) is 0 Å². The number of sulfonamides is 1. The summed E-state index contributed by atoms with van der Waals surface area (Å²) in [5, 5.41) is 3.05. The van der Waals surface area contributed by atoms with Crippen LogP contribution in [0.4, 0.5) is 15.8 Å². The molecule has 144 valence electrons. The molecule has 0 aliphatic heterocycles. The third kappa shape index (κ3) is 5.31. The van der Waals surface area contributed by atoms with Crippen molar-refractivity contribution < 1.29 is 17.6 Å². The van der Waals surface area contributed by atoms with Crippen molar-refractivity contribution in [1.29, 1.82) is 0 Å². The van der Waals surface area contributed by atoms with Gasteiger partial charge in [0, 0.05) is 10.7 Å². The first-order chi connectivity index (χ1) is 13.3. The Hall–Kier alpha value is -2.90. The minimum atomic E-state index is -3.85. The fourth-order valence-corrected chi connectivity index (χ4v) is 3.79. The first-order valence-electron chi connectivity index (χ1n) is 8.24. The molecule has 0 aliphatic rings. The number of rotatable bonds is 6. The highest BCUT2D eigenvalue weighted by atomic mass is 35.5. The summed E-state index contributed by atoms with van der Waals surface area (Å²) in [6.45, 7) is 0. The summed E-state index contributed by atoms with van der Waals surface area (Å²) in [5.74, 6) is -0.724. The summed E-state index contributed by atoms with van der Waals surface area (Å²) in [6.07, 6.45) is 0.0397. The maximum absolute atomic E-state index is 12.9. The molecular weight excluding hydrogens is 403 g/mol. The predicted octanol–water partition coefficient (Wildman–Crippen LogP) is 4.46. The van der Waals surface area contributed by atoms with E-state index >= 15 is 0 Å². The van der Waals surface area contributed by atoms with Crippen molar-refractivity contribution in [2.24, 2.45) is 0 Å². The van der Waals surface area contributed by atoms with Crippen LogP contribution in [0.25, 0.3) is 0 Å². The Morgan fingerprint density at radius 3 is 2.32 bits per heavy atom. The van der Waals surface area contributed by atoms with Crippen LogP contribution in [0.1, 0.15) is 5.56 Å². The molecule has 3 rings (SSSR count). The first-order valence-corrected chi connectivity index (χ1v) is 10.1. The number of carbonyl (C=O) groups is 1. The van der Waals surface area contributed by atoms with Crippen molar-refractivity contribution in [3.8, 4) is 0 Å². The van der Waals surface area contributed by atoms with E-state index < -0.39 is 10.0 Å². The van der Waals surface area contributed by atoms with Crippen LogP contribution in [-0.2, 0) is 21.2 Å². The van der Waals surface area contributed by atoms with E-state index in [4.69, 9.17) is 11.6 Å². The van der Waals surface area contributed by atoms with Crippen molar-refractivity contribution in [3.63, 3.8) is 0 Å². The number of halogens is 2. The molecule has 5 nitrogen and oxygen atoms in total. The van der Waals surface area contributed by atoms with Gasteiger partial charge in [-0.05, 0) is 54.1 Å². The first kappa shape index (κ1) is 19.9. The highest BCUT2D eigenvalue weighted by Gasteiger charge is 2.15. The summed E-state index contributed by atoms with van der Waals surface area (Å²) >= 11 is 5.87. The van der Waals surface area contributed by atoms with Gasteiger partial charge in [-0.3, -0.25) is 9.52 Å². The van der Waals surface area contributed by atoms with Crippen LogP contribution in [0, 0.1) is 5.82 Å². The molecule has 0 unspecified atom stereocenters. The lowest BCUT2D eigenvalue weighted by Crippen LogP contribution is -2.16. The quantitative estimate of drug-likeness (QED) is 0.620. The highest BCUT2D eigenvalue weighted by Crippen LogP contribution is 2.21. The van der Waals surface area contributed by atoms with Gasteiger partial charge in [0.05, 0.1) is 17.0 Å². The molecule has 8 heteroatoms. The summed E-state index contributed by atoms with van der Waals surface area (Å²) in [4.78, 5) is 12.2. The second kappa shape index (κ2) is 8.41. The van der Waals surface area contributed by atoms with Gasteiger partial charge in [0.1, 0.15) is 5.82 Å². The minimum Gasteiger partial charge on any atom is -0.326 e. The molecule has 0 fully saturated rings. The van der Waals surface area contributed by atoms with Gasteiger partial charge in [0.15, 0.2) is 0 Å². The number of anilines is 2. The zero-order chi connectivity index (χ0) is 20.1. The Kier molecular flexibility index (Phi) is 5.96. The highest BCUT2D eigenvalue weighted by molar-refractivity contribution is 7.92. The van der Waals surface area contributed by atoms with Crippen LogP contribution in [0.3, 0.4) is 0 Å². The molecule has 28 heavy (non-hydrogen) atoms. The van der Waals surface area contributed by atoms with E-state index in [0.717, 1.165) is 0 Å². The van der Waals surface area contributed by atoms with Gasteiger partial charge >= 0.3 is 0 Å². The molecule has 0 bridgehead atoms. The fourth-order valence-electron chi connectivity index (χ4n) is 2.50. The van der Waals surface area contributed by atoms with Crippen molar-refractivity contribution >= 4 is 38.9 Å². The lowest BCUT2D eigenvalue weighted by molar-refractivity contribution is -0.115. The monoisotopic (exact) mass is 418 g/mol. The molecule has 3 aromatic carbocycles. The van der Waals surface area contributed by atoms with E-state index in [-0.39, 0.29) is 23.0 Å². The molecule has 0 saturated heterocycles. The number of hydrogen-bond donors (Lipinski definition) is 2. The van der Waals surface area contributed by atoms with E-state index in [1.807, 2.05) is 0 Å². The van der Waals surface area contributed by atoms with E-state index in [1.54, 1.807) is 24.3 Å². The molecule has 0 spiro atoms. The largest absolute Gasteiger partial charge is 0.326 e. The molecule has 0 atom stereocenters. The molecule has 3 aromatic rings. The Morgan fingerprint density at radius 1 is 0.929 bits per heavy atom. The van der Waals surface area contributed by atoms with E-state index in [9.17, 15) is 17.6 Å². The number of benzene rings is 3. The second-order valence-corrected chi connectivity index (χ2v) is 8.11. The van der Waals surface area contributed by atoms with Crippen LogP contribution in [0.15, 0.2) is 77.7 Å². The van der Waals surface area contributed by atoms with E-state index in [0.29, 0.717) is 22.0 Å². The zero-order valence-electron chi connectivity index (χ0n) is 14.5. The summed E-state index contributed by atoms with van der Waals surface area (Å²) in [6, 6.07) is 17.8. The van der Waals surface area contributed by atoms with Crippen molar-refractivity contribution in [3.05, 3.63) is 89.2 Å². The summed E-state index contributed by atoms with van der Waals surface area (Å²) in [7, 11) is -3.85. The normalized spacial score (nSPS) is 11.1. The number of nitrogens with one attached hydrogen (secondary N) is 2. The fraction of sp³-hybridized carbons (Fsp3) is 0.0500. The van der Waals surface area contributed by atoms with Gasteiger partial charge in [-0.25, -0.2) is 12.8 Å². The Bertz CT molecular complexity index is 1100. The Morgan fingerprint density at radius 2 is 1.61 bits per heavy atom. The molecule has 0 heterocycles. The van der Waals surface area contributed by atoms with Crippen LogP contribution in [0.2, 0.25) is 5.02 Å². The average Bonchev–Trinajstić information content (AvgIpc) is 2.63. The van der Waals surface area contributed by atoms with E-state index in [1.165, 1.54) is 48.5 Å².